The molecule has 1 heterocycles. The van der Waals surface area contributed by atoms with Gasteiger partial charge in [0.15, 0.2) is 0 Å². The number of pyridine rings is 1. The molecule has 0 atom stereocenters. The van der Waals surface area contributed by atoms with Gasteiger partial charge in [-0.2, -0.15) is 13.2 Å². The lowest BCUT2D eigenvalue weighted by molar-refractivity contribution is -0.0328. The van der Waals surface area contributed by atoms with Crippen molar-refractivity contribution in [3.8, 4) is 11.3 Å². The Morgan fingerprint density at radius 1 is 1.27 bits per heavy atom. The molecular formula is C14H9F4NO2S. The predicted octanol–water partition coefficient (Wildman–Crippen LogP) is 4.29. The Morgan fingerprint density at radius 2 is 2.00 bits per heavy atom. The second kappa shape index (κ2) is 6.35. The molecule has 0 fully saturated rings. The number of nitrogens with zero attached hydrogens (tertiary/aromatic N) is 1. The summed E-state index contributed by atoms with van der Waals surface area (Å²) in [5.41, 5.74) is -4.56. The van der Waals surface area contributed by atoms with E-state index in [-0.39, 0.29) is 21.7 Å². The van der Waals surface area contributed by atoms with Crippen molar-refractivity contribution in [2.75, 3.05) is 7.11 Å². The highest BCUT2D eigenvalue weighted by molar-refractivity contribution is 8.00. The highest BCUT2D eigenvalue weighted by Crippen LogP contribution is 2.41. The maximum absolute atomic E-state index is 13.3. The maximum Gasteiger partial charge on any atom is 0.446 e. The maximum atomic E-state index is 13.3. The van der Waals surface area contributed by atoms with Crippen molar-refractivity contribution in [3.05, 3.63) is 47.9 Å². The number of hydrogen-bond donors (Lipinski definition) is 0. The Balaban J connectivity index is 2.55. The number of halogens is 4. The molecule has 1 aromatic carbocycles. The largest absolute Gasteiger partial charge is 0.465 e. The smallest absolute Gasteiger partial charge is 0.446 e. The summed E-state index contributed by atoms with van der Waals surface area (Å²) >= 11 is -0.423. The normalized spacial score (nSPS) is 11.3. The zero-order valence-corrected chi connectivity index (χ0v) is 12.0. The zero-order valence-electron chi connectivity index (χ0n) is 11.1. The Morgan fingerprint density at radius 3 is 2.59 bits per heavy atom. The Hall–Kier alpha value is -2.09. The van der Waals surface area contributed by atoms with Crippen LogP contribution in [0.5, 0.6) is 0 Å². The Kier molecular flexibility index (Phi) is 4.70. The van der Waals surface area contributed by atoms with Gasteiger partial charge < -0.3 is 4.74 Å². The molecule has 0 N–H and O–H groups in total. The van der Waals surface area contributed by atoms with Crippen LogP contribution in [0.2, 0.25) is 0 Å². The van der Waals surface area contributed by atoms with Crippen LogP contribution in [-0.2, 0) is 4.74 Å². The van der Waals surface area contributed by atoms with Crippen LogP contribution in [0.1, 0.15) is 10.4 Å². The molecule has 0 amide bonds. The summed E-state index contributed by atoms with van der Waals surface area (Å²) in [6.07, 6.45) is 1.09. The molecule has 0 aliphatic carbocycles. The van der Waals surface area contributed by atoms with Gasteiger partial charge in [0, 0.05) is 16.7 Å². The second-order valence-electron chi connectivity index (χ2n) is 4.12. The molecule has 2 rings (SSSR count). The molecule has 2 aromatic rings. The van der Waals surface area contributed by atoms with Crippen molar-refractivity contribution >= 4 is 17.7 Å². The van der Waals surface area contributed by atoms with Crippen LogP contribution in [0.15, 0.2) is 41.4 Å². The van der Waals surface area contributed by atoms with Crippen LogP contribution in [-0.4, -0.2) is 23.6 Å². The van der Waals surface area contributed by atoms with E-state index in [4.69, 9.17) is 0 Å². The summed E-state index contributed by atoms with van der Waals surface area (Å²) in [5, 5.41) is 0. The van der Waals surface area contributed by atoms with Crippen LogP contribution < -0.4 is 0 Å². The van der Waals surface area contributed by atoms with Gasteiger partial charge in [-0.15, -0.1) is 0 Å². The third kappa shape index (κ3) is 3.97. The van der Waals surface area contributed by atoms with Gasteiger partial charge in [0.2, 0.25) is 0 Å². The average Bonchev–Trinajstić information content (AvgIpc) is 2.44. The first kappa shape index (κ1) is 16.3. The minimum atomic E-state index is -4.57. The highest BCUT2D eigenvalue weighted by atomic mass is 32.2. The first-order valence-electron chi connectivity index (χ1n) is 5.90. The fourth-order valence-electron chi connectivity index (χ4n) is 1.73. The van der Waals surface area contributed by atoms with Crippen molar-refractivity contribution < 1.29 is 27.1 Å². The molecular weight excluding hydrogens is 322 g/mol. The predicted molar refractivity (Wildman–Crippen MR) is 72.9 cm³/mol. The molecule has 0 bridgehead atoms. The third-order valence-corrected chi connectivity index (χ3v) is 3.36. The molecule has 0 saturated carbocycles. The number of methoxy groups -OCH3 is 1. The fraction of sp³-hybridized carbons (Fsp3) is 0.143. The lowest BCUT2D eigenvalue weighted by Gasteiger charge is -2.12. The van der Waals surface area contributed by atoms with Crippen LogP contribution in [0.25, 0.3) is 11.3 Å². The van der Waals surface area contributed by atoms with Crippen molar-refractivity contribution in [2.45, 2.75) is 10.4 Å². The quantitative estimate of drug-likeness (QED) is 0.478. The first-order chi connectivity index (χ1) is 10.3. The van der Waals surface area contributed by atoms with Crippen LogP contribution in [0.4, 0.5) is 17.6 Å². The molecule has 0 aliphatic rings. The van der Waals surface area contributed by atoms with Gasteiger partial charge in [-0.25, -0.2) is 9.18 Å². The summed E-state index contributed by atoms with van der Waals surface area (Å²) in [6, 6.07) is 6.06. The van der Waals surface area contributed by atoms with E-state index in [0.717, 1.165) is 25.4 Å². The number of carbonyl (C=O) groups excluding carboxylic acids is 1. The average molecular weight is 331 g/mol. The van der Waals surface area contributed by atoms with E-state index in [1.165, 1.54) is 18.2 Å². The second-order valence-corrected chi connectivity index (χ2v) is 5.23. The minimum Gasteiger partial charge on any atom is -0.465 e. The van der Waals surface area contributed by atoms with Crippen molar-refractivity contribution in [2.24, 2.45) is 0 Å². The number of thioether (sulfide) groups is 1. The van der Waals surface area contributed by atoms with E-state index in [2.05, 4.69) is 9.72 Å². The van der Waals surface area contributed by atoms with Gasteiger partial charge >= 0.3 is 11.5 Å². The summed E-state index contributed by atoms with van der Waals surface area (Å²) in [5.74, 6) is -1.40. The highest BCUT2D eigenvalue weighted by Gasteiger charge is 2.31. The van der Waals surface area contributed by atoms with Gasteiger partial charge in [-0.05, 0) is 30.0 Å². The van der Waals surface area contributed by atoms with Crippen LogP contribution in [0, 0.1) is 5.82 Å². The molecule has 0 radical (unpaired) electrons. The SMILES string of the molecule is COC(=O)c1cnc(-c2cccc(F)c2)c(SC(F)(F)F)c1. The number of rotatable bonds is 3. The first-order valence-corrected chi connectivity index (χ1v) is 6.72. The van der Waals surface area contributed by atoms with Gasteiger partial charge in [-0.1, -0.05) is 12.1 Å². The van der Waals surface area contributed by atoms with E-state index >= 15 is 0 Å². The molecule has 0 unspecified atom stereocenters. The van der Waals surface area contributed by atoms with Crippen molar-refractivity contribution in [1.29, 1.82) is 0 Å². The summed E-state index contributed by atoms with van der Waals surface area (Å²) in [4.78, 5) is 15.0. The van der Waals surface area contributed by atoms with Crippen LogP contribution in [0.3, 0.4) is 0 Å². The lowest BCUT2D eigenvalue weighted by atomic mass is 10.1. The standard InChI is InChI=1S/C14H9F4NO2S/c1-21-13(20)9-6-11(22-14(16,17)18)12(19-7-9)8-3-2-4-10(15)5-8/h2-7H,1H3. The molecule has 1 aromatic heterocycles. The number of alkyl halides is 3. The minimum absolute atomic E-state index is 0.0607. The number of ether oxygens (including phenoxy) is 1. The number of benzene rings is 1. The summed E-state index contributed by atoms with van der Waals surface area (Å²) in [6.45, 7) is 0. The van der Waals surface area contributed by atoms with E-state index in [0.29, 0.717) is 0 Å². The Labute approximate surface area is 127 Å². The van der Waals surface area contributed by atoms with E-state index in [1.54, 1.807) is 0 Å². The van der Waals surface area contributed by atoms with Crippen molar-refractivity contribution in [3.63, 3.8) is 0 Å². The molecule has 0 saturated heterocycles. The van der Waals surface area contributed by atoms with E-state index in [1.807, 2.05) is 0 Å². The number of hydrogen-bond acceptors (Lipinski definition) is 4. The zero-order chi connectivity index (χ0) is 16.3. The number of carbonyl (C=O) groups is 1. The Bertz CT molecular complexity index is 703. The van der Waals surface area contributed by atoms with E-state index < -0.39 is 29.1 Å². The molecule has 116 valence electrons. The van der Waals surface area contributed by atoms with Crippen LogP contribution >= 0.6 is 11.8 Å². The lowest BCUT2D eigenvalue weighted by Crippen LogP contribution is -2.05. The molecule has 0 aliphatic heterocycles. The summed E-state index contributed by atoms with van der Waals surface area (Å²) < 4.78 is 55.7. The van der Waals surface area contributed by atoms with Gasteiger partial charge in [-0.3, -0.25) is 4.98 Å². The molecule has 22 heavy (non-hydrogen) atoms. The number of aromatic nitrogens is 1. The van der Waals surface area contributed by atoms with Gasteiger partial charge in [0.25, 0.3) is 0 Å². The van der Waals surface area contributed by atoms with E-state index in [9.17, 15) is 22.4 Å². The molecule has 3 nitrogen and oxygen atoms in total. The molecule has 0 spiro atoms. The summed E-state index contributed by atoms with van der Waals surface area (Å²) in [7, 11) is 1.11. The fourth-order valence-corrected chi connectivity index (χ4v) is 2.43. The third-order valence-electron chi connectivity index (χ3n) is 2.60. The van der Waals surface area contributed by atoms with Gasteiger partial charge in [0.1, 0.15) is 5.82 Å². The molecule has 8 heteroatoms. The van der Waals surface area contributed by atoms with Crippen molar-refractivity contribution in [1.82, 2.24) is 4.98 Å². The topological polar surface area (TPSA) is 39.2 Å². The number of esters is 1. The monoisotopic (exact) mass is 331 g/mol. The van der Waals surface area contributed by atoms with Gasteiger partial charge in [0.05, 0.1) is 18.4 Å².